The van der Waals surface area contributed by atoms with Crippen molar-refractivity contribution in [1.82, 2.24) is 10.3 Å². The standard InChI is InChI=1S/C27H28Cl2N2O5.Na/c28-19-9-7-17(21(29)13-19)11-20(32)12-18(8-10-24(33)34)26-25(16-5-6-16)27(36-31-26)22-14-23(35-30-22)15-3-1-2-4-15;/h7,9,13-16,18H,1-6,8,10-12H2,(H,33,34);/q;+1/p-1/t18-;/m0./s1. The summed E-state index contributed by atoms with van der Waals surface area (Å²) in [5.41, 5.74) is 2.84. The molecular weight excluding hydrogens is 526 g/mol. The van der Waals surface area contributed by atoms with Crippen LogP contribution in [0.3, 0.4) is 0 Å². The molecule has 2 aliphatic rings. The minimum absolute atomic E-state index is 0. The number of rotatable bonds is 11. The predicted molar refractivity (Wildman–Crippen MR) is 132 cm³/mol. The Morgan fingerprint density at radius 3 is 2.46 bits per heavy atom. The molecule has 190 valence electrons. The summed E-state index contributed by atoms with van der Waals surface area (Å²) in [6.45, 7) is 0. The van der Waals surface area contributed by atoms with Crippen LogP contribution < -0.4 is 34.7 Å². The molecule has 2 saturated carbocycles. The van der Waals surface area contributed by atoms with E-state index in [0.717, 1.165) is 37.0 Å². The van der Waals surface area contributed by atoms with Crippen molar-refractivity contribution in [2.24, 2.45) is 0 Å². The van der Waals surface area contributed by atoms with Crippen LogP contribution in [0.2, 0.25) is 10.0 Å². The number of hydrogen-bond acceptors (Lipinski definition) is 7. The van der Waals surface area contributed by atoms with Crippen LogP contribution in [0, 0.1) is 0 Å². The second-order valence-corrected chi connectivity index (χ2v) is 10.8. The average Bonchev–Trinajstić information content (AvgIpc) is 3.22. The van der Waals surface area contributed by atoms with Gasteiger partial charge in [0.15, 0.2) is 11.5 Å². The quantitative estimate of drug-likeness (QED) is 0.336. The van der Waals surface area contributed by atoms with Gasteiger partial charge in [-0.2, -0.15) is 0 Å². The molecule has 0 radical (unpaired) electrons. The Morgan fingerprint density at radius 2 is 1.78 bits per heavy atom. The minimum Gasteiger partial charge on any atom is -0.550 e. The fraction of sp³-hybridized carbons (Fsp3) is 0.481. The SMILES string of the molecule is O=C([O-])CC[C@@H](CC(=O)Cc1ccc(Cl)cc1Cl)c1noc(-c2cc(C3CCCC3)on2)c1C1CC1.[Na+]. The van der Waals surface area contributed by atoms with Crippen LogP contribution in [0.1, 0.15) is 98.1 Å². The molecule has 2 aromatic heterocycles. The van der Waals surface area contributed by atoms with Gasteiger partial charge in [0.2, 0.25) is 0 Å². The van der Waals surface area contributed by atoms with E-state index in [-0.39, 0.29) is 66.9 Å². The molecule has 0 aliphatic heterocycles. The van der Waals surface area contributed by atoms with E-state index in [1.807, 2.05) is 6.07 Å². The topological polar surface area (TPSA) is 109 Å². The smallest absolute Gasteiger partial charge is 0.550 e. The van der Waals surface area contributed by atoms with Gasteiger partial charge in [0.1, 0.15) is 11.5 Å². The van der Waals surface area contributed by atoms with Gasteiger partial charge in [0.05, 0.1) is 5.69 Å². The monoisotopic (exact) mass is 552 g/mol. The van der Waals surface area contributed by atoms with E-state index in [1.54, 1.807) is 18.2 Å². The summed E-state index contributed by atoms with van der Waals surface area (Å²) < 4.78 is 11.5. The number of aliphatic carboxylic acids is 1. The number of carbonyl (C=O) groups excluding carboxylic acids is 2. The number of carboxylic acid groups (broad SMARTS) is 1. The largest absolute Gasteiger partial charge is 1.00 e. The van der Waals surface area contributed by atoms with Gasteiger partial charge in [-0.05, 0) is 62.1 Å². The molecule has 3 aromatic rings. The first kappa shape index (κ1) is 28.4. The van der Waals surface area contributed by atoms with Crippen LogP contribution in [0.15, 0.2) is 33.3 Å². The molecule has 2 aliphatic carbocycles. The summed E-state index contributed by atoms with van der Waals surface area (Å²) in [6, 6.07) is 6.97. The Balaban J connectivity index is 0.00000320. The number of carboxylic acids is 1. The van der Waals surface area contributed by atoms with Crippen molar-refractivity contribution in [3.63, 3.8) is 0 Å². The first-order chi connectivity index (χ1) is 17.4. The summed E-state index contributed by atoms with van der Waals surface area (Å²) in [4.78, 5) is 24.3. The summed E-state index contributed by atoms with van der Waals surface area (Å²) >= 11 is 12.2. The zero-order valence-electron chi connectivity index (χ0n) is 20.8. The van der Waals surface area contributed by atoms with E-state index < -0.39 is 11.9 Å². The van der Waals surface area contributed by atoms with E-state index >= 15 is 0 Å². The third-order valence-electron chi connectivity index (χ3n) is 7.22. The number of Topliss-reactive ketones (excluding diaryl/α,β-unsaturated/α-hetero) is 1. The second kappa shape index (κ2) is 12.5. The van der Waals surface area contributed by atoms with Crippen molar-refractivity contribution in [3.8, 4) is 11.5 Å². The van der Waals surface area contributed by atoms with Gasteiger partial charge in [-0.15, -0.1) is 0 Å². The minimum atomic E-state index is -1.16. The number of aromatic nitrogens is 2. The molecule has 0 unspecified atom stereocenters. The van der Waals surface area contributed by atoms with Crippen molar-refractivity contribution >= 4 is 35.0 Å². The number of ketones is 1. The van der Waals surface area contributed by atoms with Crippen molar-refractivity contribution in [1.29, 1.82) is 0 Å². The molecule has 0 N–H and O–H groups in total. The van der Waals surface area contributed by atoms with Gasteiger partial charge in [-0.3, -0.25) is 4.79 Å². The molecule has 1 atom stereocenters. The van der Waals surface area contributed by atoms with Gasteiger partial charge in [-0.25, -0.2) is 0 Å². The molecule has 37 heavy (non-hydrogen) atoms. The van der Waals surface area contributed by atoms with Crippen molar-refractivity contribution < 1.29 is 53.3 Å². The molecule has 0 saturated heterocycles. The maximum atomic E-state index is 13.1. The Bertz CT molecular complexity index is 1260. The van der Waals surface area contributed by atoms with Crippen LogP contribution in [0.5, 0.6) is 0 Å². The number of hydrogen-bond donors (Lipinski definition) is 0. The molecule has 7 nitrogen and oxygen atoms in total. The molecule has 2 heterocycles. The molecule has 1 aromatic carbocycles. The first-order valence-corrected chi connectivity index (χ1v) is 13.3. The fourth-order valence-corrected chi connectivity index (χ4v) is 5.68. The number of benzene rings is 1. The Morgan fingerprint density at radius 1 is 1.03 bits per heavy atom. The zero-order chi connectivity index (χ0) is 25.2. The van der Waals surface area contributed by atoms with E-state index in [2.05, 4.69) is 10.3 Å². The van der Waals surface area contributed by atoms with Crippen LogP contribution >= 0.6 is 23.2 Å². The molecular formula is C27H27Cl2N2NaO5. The molecule has 5 rings (SSSR count). The van der Waals surface area contributed by atoms with Crippen molar-refractivity contribution in [2.45, 2.75) is 82.0 Å². The summed E-state index contributed by atoms with van der Waals surface area (Å²) in [5, 5.41) is 20.8. The zero-order valence-corrected chi connectivity index (χ0v) is 24.3. The van der Waals surface area contributed by atoms with E-state index in [4.69, 9.17) is 32.2 Å². The average molecular weight is 553 g/mol. The molecule has 2 fully saturated rings. The summed E-state index contributed by atoms with van der Waals surface area (Å²) in [6.07, 6.45) is 6.81. The van der Waals surface area contributed by atoms with Gasteiger partial charge >= 0.3 is 29.6 Å². The maximum absolute atomic E-state index is 13.1. The van der Waals surface area contributed by atoms with Gasteiger partial charge in [-0.1, -0.05) is 52.4 Å². The molecule has 10 heteroatoms. The van der Waals surface area contributed by atoms with Crippen LogP contribution in [0.25, 0.3) is 11.5 Å². The van der Waals surface area contributed by atoms with Gasteiger partial charge in [0.25, 0.3) is 0 Å². The fourth-order valence-electron chi connectivity index (χ4n) is 5.21. The second-order valence-electron chi connectivity index (χ2n) is 9.94. The van der Waals surface area contributed by atoms with Crippen molar-refractivity contribution in [3.05, 3.63) is 56.9 Å². The Hall–Kier alpha value is -1.64. The normalized spacial score (nSPS) is 16.5. The Labute approximate surface area is 247 Å². The summed E-state index contributed by atoms with van der Waals surface area (Å²) in [7, 11) is 0. The number of nitrogens with zero attached hydrogens (tertiary/aromatic N) is 2. The third-order valence-corrected chi connectivity index (χ3v) is 7.81. The van der Waals surface area contributed by atoms with E-state index in [1.165, 1.54) is 12.8 Å². The van der Waals surface area contributed by atoms with Gasteiger partial charge < -0.3 is 18.9 Å². The molecule has 0 spiro atoms. The van der Waals surface area contributed by atoms with Crippen molar-refractivity contribution in [2.75, 3.05) is 0 Å². The van der Waals surface area contributed by atoms with E-state index in [9.17, 15) is 14.7 Å². The number of halogens is 2. The predicted octanol–water partition coefficient (Wildman–Crippen LogP) is 2.99. The third kappa shape index (κ3) is 6.87. The molecule has 0 amide bonds. The van der Waals surface area contributed by atoms with Crippen LogP contribution in [-0.2, 0) is 16.0 Å². The summed E-state index contributed by atoms with van der Waals surface area (Å²) in [5.74, 6) is 0.403. The maximum Gasteiger partial charge on any atom is 1.00 e. The molecule has 0 bridgehead atoms. The first-order valence-electron chi connectivity index (χ1n) is 12.5. The Kier molecular flexibility index (Phi) is 9.57. The van der Waals surface area contributed by atoms with Crippen LogP contribution in [0.4, 0.5) is 0 Å². The number of carbonyl (C=O) groups is 2. The van der Waals surface area contributed by atoms with Gasteiger partial charge in [0, 0.05) is 52.3 Å². The van der Waals surface area contributed by atoms with Crippen LogP contribution in [-0.4, -0.2) is 22.1 Å². The van der Waals surface area contributed by atoms with E-state index in [0.29, 0.717) is 38.7 Å².